The van der Waals surface area contributed by atoms with Crippen molar-refractivity contribution in [2.75, 3.05) is 5.32 Å². The van der Waals surface area contributed by atoms with Crippen LogP contribution in [0.3, 0.4) is 0 Å². The summed E-state index contributed by atoms with van der Waals surface area (Å²) >= 11 is 0. The number of nitrogens with zero attached hydrogens (tertiary/aromatic N) is 1. The van der Waals surface area contributed by atoms with Gasteiger partial charge in [-0.1, -0.05) is 36.4 Å². The van der Waals surface area contributed by atoms with E-state index in [-0.39, 0.29) is 5.84 Å². The highest BCUT2D eigenvalue weighted by Gasteiger charge is 2.10. The van der Waals surface area contributed by atoms with E-state index in [1.165, 1.54) is 0 Å². The standard InChI is InChI=1S/C14H13N3O2/c18-14(16-12-9-5-2-6-10-12)13(17-19)15-11-7-3-1-4-8-11/h1-10,19H,(H,15,17)(H,16,18). The van der Waals surface area contributed by atoms with E-state index in [4.69, 9.17) is 5.21 Å². The minimum Gasteiger partial charge on any atom is -0.319 e. The molecule has 0 atom stereocenters. The summed E-state index contributed by atoms with van der Waals surface area (Å²) in [7, 11) is 0. The molecule has 5 heteroatoms. The normalized spacial score (nSPS) is 10.9. The SMILES string of the molecule is O=C(Nc1ccccc1)C(=Nc1ccccc1)NO. The van der Waals surface area contributed by atoms with Crippen molar-refractivity contribution in [1.82, 2.24) is 5.48 Å². The summed E-state index contributed by atoms with van der Waals surface area (Å²) in [6.45, 7) is 0. The third-order valence-corrected chi connectivity index (χ3v) is 2.35. The number of amides is 1. The van der Waals surface area contributed by atoms with Gasteiger partial charge in [0.1, 0.15) is 0 Å². The van der Waals surface area contributed by atoms with Crippen LogP contribution in [0.5, 0.6) is 0 Å². The lowest BCUT2D eigenvalue weighted by molar-refractivity contribution is -0.110. The second kappa shape index (κ2) is 6.32. The Balaban J connectivity index is 2.14. The molecule has 0 radical (unpaired) electrons. The van der Waals surface area contributed by atoms with Gasteiger partial charge in [-0.3, -0.25) is 10.0 Å². The van der Waals surface area contributed by atoms with E-state index in [0.717, 1.165) is 0 Å². The average molecular weight is 255 g/mol. The summed E-state index contributed by atoms with van der Waals surface area (Å²) in [5.74, 6) is -0.687. The molecule has 0 aliphatic rings. The van der Waals surface area contributed by atoms with Crippen LogP contribution in [0, 0.1) is 0 Å². The molecule has 0 spiro atoms. The number of rotatable bonds is 2. The molecule has 2 aromatic carbocycles. The first-order chi connectivity index (χ1) is 9.29. The Bertz CT molecular complexity index is 568. The van der Waals surface area contributed by atoms with Gasteiger partial charge in [0.15, 0.2) is 0 Å². The zero-order chi connectivity index (χ0) is 13.5. The fourth-order valence-corrected chi connectivity index (χ4v) is 1.47. The van der Waals surface area contributed by atoms with E-state index in [2.05, 4.69) is 10.3 Å². The fraction of sp³-hybridized carbons (Fsp3) is 0. The van der Waals surface area contributed by atoms with Crippen LogP contribution in [0.2, 0.25) is 0 Å². The molecule has 0 aliphatic carbocycles. The predicted molar refractivity (Wildman–Crippen MR) is 73.5 cm³/mol. The molecule has 0 aliphatic heterocycles. The number of amidine groups is 1. The molecule has 5 nitrogen and oxygen atoms in total. The van der Waals surface area contributed by atoms with Gasteiger partial charge in [-0.15, -0.1) is 0 Å². The number of nitrogens with one attached hydrogen (secondary N) is 2. The van der Waals surface area contributed by atoms with Gasteiger partial charge in [0.25, 0.3) is 5.91 Å². The lowest BCUT2D eigenvalue weighted by atomic mass is 10.3. The molecule has 0 unspecified atom stereocenters. The lowest BCUT2D eigenvalue weighted by Gasteiger charge is -2.06. The van der Waals surface area contributed by atoms with Crippen molar-refractivity contribution < 1.29 is 10.0 Å². The number of aliphatic imine (C=N–C) groups is 1. The van der Waals surface area contributed by atoms with Gasteiger partial charge < -0.3 is 5.32 Å². The van der Waals surface area contributed by atoms with Crippen molar-refractivity contribution in [3.63, 3.8) is 0 Å². The summed E-state index contributed by atoms with van der Waals surface area (Å²) < 4.78 is 0. The van der Waals surface area contributed by atoms with Crippen molar-refractivity contribution in [3.8, 4) is 0 Å². The van der Waals surface area contributed by atoms with Crippen molar-refractivity contribution in [3.05, 3.63) is 60.7 Å². The second-order valence-corrected chi connectivity index (χ2v) is 3.73. The van der Waals surface area contributed by atoms with Crippen LogP contribution in [0.1, 0.15) is 0 Å². The first-order valence-electron chi connectivity index (χ1n) is 5.70. The molecule has 19 heavy (non-hydrogen) atoms. The highest BCUT2D eigenvalue weighted by atomic mass is 16.5. The molecule has 0 bridgehead atoms. The molecule has 96 valence electrons. The summed E-state index contributed by atoms with van der Waals surface area (Å²) in [4.78, 5) is 15.9. The van der Waals surface area contributed by atoms with E-state index < -0.39 is 5.91 Å². The van der Waals surface area contributed by atoms with Crippen molar-refractivity contribution >= 4 is 23.1 Å². The monoisotopic (exact) mass is 255 g/mol. The highest BCUT2D eigenvalue weighted by molar-refractivity contribution is 6.42. The van der Waals surface area contributed by atoms with E-state index in [1.54, 1.807) is 48.5 Å². The highest BCUT2D eigenvalue weighted by Crippen LogP contribution is 2.10. The molecular formula is C14H13N3O2. The summed E-state index contributed by atoms with van der Waals surface area (Å²) in [6.07, 6.45) is 0. The average Bonchev–Trinajstić information content (AvgIpc) is 2.47. The van der Waals surface area contributed by atoms with E-state index >= 15 is 0 Å². The Kier molecular flexibility index (Phi) is 4.25. The zero-order valence-electron chi connectivity index (χ0n) is 10.1. The number of hydrogen-bond donors (Lipinski definition) is 3. The van der Waals surface area contributed by atoms with Crippen molar-refractivity contribution in [1.29, 1.82) is 0 Å². The van der Waals surface area contributed by atoms with E-state index in [9.17, 15) is 4.79 Å². The molecule has 0 saturated heterocycles. The first kappa shape index (κ1) is 12.8. The van der Waals surface area contributed by atoms with Crippen LogP contribution >= 0.6 is 0 Å². The number of hydroxylamine groups is 1. The van der Waals surface area contributed by atoms with Crippen LogP contribution in [0.25, 0.3) is 0 Å². The quantitative estimate of drug-likeness (QED) is 0.438. The molecule has 2 rings (SSSR count). The van der Waals surface area contributed by atoms with Gasteiger partial charge >= 0.3 is 0 Å². The number of benzene rings is 2. The Hall–Kier alpha value is -2.66. The molecule has 1 amide bonds. The van der Waals surface area contributed by atoms with Crippen LogP contribution in [0.4, 0.5) is 11.4 Å². The zero-order valence-corrected chi connectivity index (χ0v) is 10.1. The minimum atomic E-state index is -0.516. The van der Waals surface area contributed by atoms with E-state index in [1.807, 2.05) is 17.6 Å². The fourth-order valence-electron chi connectivity index (χ4n) is 1.47. The van der Waals surface area contributed by atoms with Gasteiger partial charge in [-0.2, -0.15) is 0 Å². The smallest absolute Gasteiger partial charge is 0.293 e. The number of hydrogen-bond acceptors (Lipinski definition) is 3. The molecular weight excluding hydrogens is 242 g/mol. The van der Waals surface area contributed by atoms with Crippen molar-refractivity contribution in [2.24, 2.45) is 4.99 Å². The van der Waals surface area contributed by atoms with Crippen LogP contribution < -0.4 is 10.8 Å². The number of carbonyl (C=O) groups excluding carboxylic acids is 1. The second-order valence-electron chi connectivity index (χ2n) is 3.73. The van der Waals surface area contributed by atoms with E-state index in [0.29, 0.717) is 11.4 Å². The summed E-state index contributed by atoms with van der Waals surface area (Å²) in [6, 6.07) is 17.8. The summed E-state index contributed by atoms with van der Waals surface area (Å²) in [5, 5.41) is 11.6. The number of para-hydroxylation sites is 2. The largest absolute Gasteiger partial charge is 0.319 e. The van der Waals surface area contributed by atoms with Gasteiger partial charge in [0, 0.05) is 5.69 Å². The first-order valence-corrected chi connectivity index (χ1v) is 5.70. The van der Waals surface area contributed by atoms with Gasteiger partial charge in [-0.25, -0.2) is 10.5 Å². The minimum absolute atomic E-state index is 0.171. The predicted octanol–water partition coefficient (Wildman–Crippen LogP) is 2.33. The van der Waals surface area contributed by atoms with Gasteiger partial charge in [-0.05, 0) is 24.3 Å². The maximum absolute atomic E-state index is 11.9. The Morgan fingerprint density at radius 3 is 2.11 bits per heavy atom. The molecule has 3 N–H and O–H groups in total. The Labute approximate surface area is 110 Å². The maximum atomic E-state index is 11.9. The summed E-state index contributed by atoms with van der Waals surface area (Å²) in [5.41, 5.74) is 3.01. The van der Waals surface area contributed by atoms with Crippen molar-refractivity contribution in [2.45, 2.75) is 0 Å². The molecule has 0 aromatic heterocycles. The van der Waals surface area contributed by atoms with Crippen LogP contribution in [-0.4, -0.2) is 17.0 Å². The topological polar surface area (TPSA) is 73.7 Å². The third-order valence-electron chi connectivity index (χ3n) is 2.35. The maximum Gasteiger partial charge on any atom is 0.293 e. The van der Waals surface area contributed by atoms with Crippen LogP contribution in [-0.2, 0) is 4.79 Å². The molecule has 2 aromatic rings. The van der Waals surface area contributed by atoms with Crippen LogP contribution in [0.15, 0.2) is 65.7 Å². The lowest BCUT2D eigenvalue weighted by Crippen LogP contribution is -2.33. The molecule has 0 saturated carbocycles. The number of carbonyl (C=O) groups is 1. The molecule has 0 heterocycles. The van der Waals surface area contributed by atoms with Gasteiger partial charge in [0.2, 0.25) is 5.84 Å². The number of anilines is 1. The third kappa shape index (κ3) is 3.65. The molecule has 0 fully saturated rings. The Morgan fingerprint density at radius 1 is 0.947 bits per heavy atom. The Morgan fingerprint density at radius 2 is 1.53 bits per heavy atom. The van der Waals surface area contributed by atoms with Gasteiger partial charge in [0.05, 0.1) is 5.69 Å².